The standard InChI is InChI=1S/C34H57NO6.C21H40O4/c1-5-7-9-11-12-14-19-30(18-13-10-8-6-2)33(37)40-25-16-15-20-32(36)39-26-17-27-41-34(38)31-23-21-29(22-24-31)28-35(3)4;1-3-5-7-9-10-12-16-19(15-11-8-6-4-2)21(24)25-18-14-13-17-20(22)23/h21-24,30H,5-20,25-28H2,1-4H3;19H,3-18H2,1-2H3,(H,22,23). The Morgan fingerprint density at radius 2 is 0.833 bits per heavy atom. The number of carbonyl (C=O) groups excluding carboxylic acids is 4. The van der Waals surface area contributed by atoms with Crippen LogP contribution >= 0.6 is 0 Å². The van der Waals surface area contributed by atoms with E-state index >= 15 is 0 Å². The summed E-state index contributed by atoms with van der Waals surface area (Å²) in [6.07, 6.45) is 31.2. The molecule has 382 valence electrons. The van der Waals surface area contributed by atoms with Crippen molar-refractivity contribution in [1.29, 1.82) is 0 Å². The molecule has 66 heavy (non-hydrogen) atoms. The van der Waals surface area contributed by atoms with Gasteiger partial charge in [-0.2, -0.15) is 0 Å². The van der Waals surface area contributed by atoms with Gasteiger partial charge in [0.15, 0.2) is 0 Å². The Morgan fingerprint density at radius 1 is 0.455 bits per heavy atom. The van der Waals surface area contributed by atoms with E-state index in [9.17, 15) is 24.0 Å². The molecular formula is C55H97NO10. The van der Waals surface area contributed by atoms with Crippen LogP contribution in [0.5, 0.6) is 0 Å². The van der Waals surface area contributed by atoms with Crippen molar-refractivity contribution in [2.24, 2.45) is 11.8 Å². The number of carboxylic acids is 1. The Morgan fingerprint density at radius 3 is 1.26 bits per heavy atom. The van der Waals surface area contributed by atoms with E-state index in [-0.39, 0.29) is 61.8 Å². The number of carbonyl (C=O) groups is 5. The summed E-state index contributed by atoms with van der Waals surface area (Å²) < 4.78 is 21.5. The lowest BCUT2D eigenvalue weighted by Crippen LogP contribution is -2.19. The van der Waals surface area contributed by atoms with Gasteiger partial charge < -0.3 is 29.0 Å². The van der Waals surface area contributed by atoms with Crippen molar-refractivity contribution in [3.63, 3.8) is 0 Å². The molecule has 0 radical (unpaired) electrons. The average molecular weight is 932 g/mol. The molecular weight excluding hydrogens is 835 g/mol. The third-order valence-corrected chi connectivity index (χ3v) is 11.8. The summed E-state index contributed by atoms with van der Waals surface area (Å²) in [5.41, 5.74) is 1.64. The number of carboxylic acid groups (broad SMARTS) is 1. The second-order valence-corrected chi connectivity index (χ2v) is 18.5. The summed E-state index contributed by atoms with van der Waals surface area (Å²) in [5.74, 6) is -1.56. The Bertz CT molecular complexity index is 1330. The minimum Gasteiger partial charge on any atom is -0.481 e. The van der Waals surface area contributed by atoms with E-state index in [0.717, 1.165) is 63.5 Å². The lowest BCUT2D eigenvalue weighted by Gasteiger charge is -2.16. The minimum absolute atomic E-state index is 0.000430. The molecule has 11 nitrogen and oxygen atoms in total. The van der Waals surface area contributed by atoms with Crippen LogP contribution in [0.1, 0.15) is 243 Å². The van der Waals surface area contributed by atoms with E-state index in [0.29, 0.717) is 50.9 Å². The van der Waals surface area contributed by atoms with Crippen LogP contribution in [0.4, 0.5) is 0 Å². The molecule has 2 atom stereocenters. The van der Waals surface area contributed by atoms with Crippen molar-refractivity contribution in [1.82, 2.24) is 4.90 Å². The van der Waals surface area contributed by atoms with E-state index in [4.69, 9.17) is 24.1 Å². The molecule has 1 aromatic rings. The second-order valence-electron chi connectivity index (χ2n) is 18.5. The van der Waals surface area contributed by atoms with E-state index < -0.39 is 5.97 Å². The third-order valence-electron chi connectivity index (χ3n) is 11.8. The number of ether oxygens (including phenoxy) is 4. The highest BCUT2D eigenvalue weighted by molar-refractivity contribution is 5.89. The van der Waals surface area contributed by atoms with Crippen molar-refractivity contribution >= 4 is 29.8 Å². The number of hydrogen-bond acceptors (Lipinski definition) is 10. The zero-order valence-corrected chi connectivity index (χ0v) is 43.0. The summed E-state index contributed by atoms with van der Waals surface area (Å²) in [6.45, 7) is 10.8. The van der Waals surface area contributed by atoms with E-state index in [1.165, 1.54) is 103 Å². The Kier molecular flexibility index (Phi) is 42.9. The maximum Gasteiger partial charge on any atom is 0.338 e. The van der Waals surface area contributed by atoms with Gasteiger partial charge in [-0.15, -0.1) is 0 Å². The summed E-state index contributed by atoms with van der Waals surface area (Å²) in [6, 6.07) is 7.37. The predicted octanol–water partition coefficient (Wildman–Crippen LogP) is 14.0. The molecule has 11 heteroatoms. The summed E-state index contributed by atoms with van der Waals surface area (Å²) in [5, 5.41) is 8.62. The second kappa shape index (κ2) is 45.3. The zero-order valence-electron chi connectivity index (χ0n) is 43.0. The quantitative estimate of drug-likeness (QED) is 0.0379. The molecule has 0 heterocycles. The highest BCUT2D eigenvalue weighted by atomic mass is 16.5. The van der Waals surface area contributed by atoms with Crippen LogP contribution in [0.3, 0.4) is 0 Å². The van der Waals surface area contributed by atoms with Crippen molar-refractivity contribution in [3.8, 4) is 0 Å². The molecule has 0 aliphatic rings. The third kappa shape index (κ3) is 38.6. The Hall–Kier alpha value is -3.47. The van der Waals surface area contributed by atoms with E-state index in [2.05, 4.69) is 32.6 Å². The molecule has 0 bridgehead atoms. The van der Waals surface area contributed by atoms with Crippen molar-refractivity contribution in [2.75, 3.05) is 40.5 Å². The van der Waals surface area contributed by atoms with Crippen molar-refractivity contribution in [3.05, 3.63) is 35.4 Å². The maximum absolute atomic E-state index is 12.7. The maximum atomic E-state index is 12.7. The summed E-state index contributed by atoms with van der Waals surface area (Å²) in [4.78, 5) is 61.8. The van der Waals surface area contributed by atoms with Gasteiger partial charge in [-0.3, -0.25) is 19.2 Å². The van der Waals surface area contributed by atoms with Gasteiger partial charge >= 0.3 is 29.8 Å². The van der Waals surface area contributed by atoms with Gasteiger partial charge in [0.2, 0.25) is 0 Å². The van der Waals surface area contributed by atoms with Gasteiger partial charge in [-0.1, -0.05) is 168 Å². The predicted molar refractivity (Wildman–Crippen MR) is 267 cm³/mol. The fraction of sp³-hybridized carbons (Fsp3) is 0.800. The lowest BCUT2D eigenvalue weighted by atomic mass is 9.94. The topological polar surface area (TPSA) is 146 Å². The normalized spacial score (nSPS) is 11.9. The summed E-state index contributed by atoms with van der Waals surface area (Å²) >= 11 is 0. The minimum atomic E-state index is -0.789. The fourth-order valence-corrected chi connectivity index (χ4v) is 7.74. The number of nitrogens with zero attached hydrogens (tertiary/aromatic N) is 1. The first-order chi connectivity index (χ1) is 32.0. The number of hydrogen-bond donors (Lipinski definition) is 1. The summed E-state index contributed by atoms with van der Waals surface area (Å²) in [7, 11) is 3.99. The van der Waals surface area contributed by atoms with Crippen molar-refractivity contribution in [2.45, 2.75) is 233 Å². The molecule has 1 rings (SSSR count). The monoisotopic (exact) mass is 932 g/mol. The number of esters is 4. The Balaban J connectivity index is 0.00000145. The van der Waals surface area contributed by atoms with Gasteiger partial charge in [0.25, 0.3) is 0 Å². The number of aliphatic carboxylic acids is 1. The van der Waals surface area contributed by atoms with Gasteiger partial charge in [0, 0.05) is 25.8 Å². The van der Waals surface area contributed by atoms with Crippen LogP contribution < -0.4 is 0 Å². The van der Waals surface area contributed by atoms with Crippen molar-refractivity contribution < 1.29 is 48.0 Å². The molecule has 0 saturated heterocycles. The lowest BCUT2D eigenvalue weighted by molar-refractivity contribution is -0.150. The number of rotatable bonds is 43. The molecule has 0 fully saturated rings. The highest BCUT2D eigenvalue weighted by Crippen LogP contribution is 2.22. The fourth-order valence-electron chi connectivity index (χ4n) is 7.74. The molecule has 0 aromatic heterocycles. The SMILES string of the molecule is CCCCCCCCC(CCCCCC)C(=O)OCCCCC(=O)O.CCCCCCCCC(CCCCCC)C(=O)OCCCCC(=O)OCCCOC(=O)c1ccc(CN(C)C)cc1. The van der Waals surface area contributed by atoms with E-state index in [1.807, 2.05) is 26.2 Å². The highest BCUT2D eigenvalue weighted by Gasteiger charge is 2.21. The molecule has 0 aliphatic heterocycles. The number of benzene rings is 1. The average Bonchev–Trinajstić information content (AvgIpc) is 3.29. The molecule has 0 aliphatic carbocycles. The smallest absolute Gasteiger partial charge is 0.338 e. The van der Waals surface area contributed by atoms with Crippen LogP contribution in [0.15, 0.2) is 24.3 Å². The van der Waals surface area contributed by atoms with Gasteiger partial charge in [-0.25, -0.2) is 4.79 Å². The van der Waals surface area contributed by atoms with Crippen LogP contribution in [-0.2, 0) is 44.7 Å². The first-order valence-electron chi connectivity index (χ1n) is 26.6. The molecule has 0 saturated carbocycles. The van der Waals surface area contributed by atoms with Crippen LogP contribution in [0.25, 0.3) is 0 Å². The van der Waals surface area contributed by atoms with Crippen LogP contribution in [0.2, 0.25) is 0 Å². The van der Waals surface area contributed by atoms with Gasteiger partial charge in [-0.05, 0) is 83.2 Å². The molecule has 0 amide bonds. The molecule has 0 spiro atoms. The zero-order chi connectivity index (χ0) is 48.9. The van der Waals surface area contributed by atoms with E-state index in [1.54, 1.807) is 12.1 Å². The van der Waals surface area contributed by atoms with Gasteiger partial charge in [0.1, 0.15) is 0 Å². The van der Waals surface area contributed by atoms with Gasteiger partial charge in [0.05, 0.1) is 43.8 Å². The number of unbranched alkanes of at least 4 members (excludes halogenated alkanes) is 18. The molecule has 1 N–H and O–H groups in total. The van der Waals surface area contributed by atoms with Crippen LogP contribution in [0, 0.1) is 11.8 Å². The first kappa shape index (κ1) is 62.5. The van der Waals surface area contributed by atoms with Crippen LogP contribution in [-0.4, -0.2) is 80.4 Å². The largest absolute Gasteiger partial charge is 0.481 e. The first-order valence-corrected chi connectivity index (χ1v) is 26.6. The molecule has 1 aromatic carbocycles. The molecule has 2 unspecified atom stereocenters. The Labute approximate surface area is 402 Å².